The van der Waals surface area contributed by atoms with Crippen molar-refractivity contribution >= 4 is 18.6 Å². The smallest absolute Gasteiger partial charge is 0.359 e. The van der Waals surface area contributed by atoms with Crippen molar-refractivity contribution in [2.75, 3.05) is 5.73 Å². The van der Waals surface area contributed by atoms with Crippen LogP contribution in [-0.2, 0) is 9.09 Å². The fraction of sp³-hybridized carbons (Fsp3) is 0.250. The van der Waals surface area contributed by atoms with Gasteiger partial charge in [0, 0.05) is 0 Å². The van der Waals surface area contributed by atoms with Gasteiger partial charge in [-0.25, -0.2) is 0 Å². The molecule has 2 atom stereocenters. The first-order valence-electron chi connectivity index (χ1n) is 7.06. The van der Waals surface area contributed by atoms with Gasteiger partial charge in [0.2, 0.25) is 0 Å². The second-order valence-corrected chi connectivity index (χ2v) is 6.75. The lowest BCUT2D eigenvalue weighted by atomic mass is 10.3. The van der Waals surface area contributed by atoms with Crippen LogP contribution in [0.15, 0.2) is 48.5 Å². The first kappa shape index (κ1) is 16.6. The minimum absolute atomic E-state index is 0.194. The Bertz CT molecular complexity index is 689. The third-order valence-electron chi connectivity index (χ3n) is 3.19. The number of anilines is 1. The van der Waals surface area contributed by atoms with Crippen LogP contribution in [0.5, 0.6) is 11.5 Å². The summed E-state index contributed by atoms with van der Waals surface area (Å²) in [5, 5.41) is 0.194. The number of hydrogen-bond acceptors (Lipinski definition) is 4. The van der Waals surface area contributed by atoms with E-state index in [-0.39, 0.29) is 11.4 Å². The first-order chi connectivity index (χ1) is 10.4. The van der Waals surface area contributed by atoms with E-state index >= 15 is 0 Å². The molecular weight excluding hydrogens is 301 g/mol. The van der Waals surface area contributed by atoms with E-state index in [0.717, 1.165) is 0 Å². The van der Waals surface area contributed by atoms with Crippen molar-refractivity contribution in [3.63, 3.8) is 0 Å². The summed E-state index contributed by atoms with van der Waals surface area (Å²) in [6.45, 7) is 3.65. The number of nitrogens with two attached hydrogens (primary N) is 1. The Morgan fingerprint density at radius 2 is 1.95 bits per heavy atom. The van der Waals surface area contributed by atoms with Crippen LogP contribution < -0.4 is 15.8 Å². The highest BCUT2D eigenvalue weighted by atomic mass is 31.2. The molecule has 0 saturated carbocycles. The lowest BCUT2D eigenvalue weighted by Crippen LogP contribution is -2.12. The maximum atomic E-state index is 12.3. The van der Waals surface area contributed by atoms with Crippen molar-refractivity contribution in [3.05, 3.63) is 48.5 Å². The van der Waals surface area contributed by atoms with E-state index in [1.54, 1.807) is 49.4 Å². The van der Waals surface area contributed by atoms with Crippen LogP contribution in [0, 0.1) is 0 Å². The van der Waals surface area contributed by atoms with Crippen molar-refractivity contribution in [3.8, 4) is 11.5 Å². The van der Waals surface area contributed by atoms with Gasteiger partial charge in [0.15, 0.2) is 0 Å². The zero-order chi connectivity index (χ0) is 16.2. The third-order valence-corrected chi connectivity index (χ3v) is 4.76. The van der Waals surface area contributed by atoms with Crippen LogP contribution in [0.2, 0.25) is 0 Å². The van der Waals surface area contributed by atoms with Gasteiger partial charge in [0.25, 0.3) is 0 Å². The van der Waals surface area contributed by atoms with E-state index in [4.69, 9.17) is 15.0 Å². The molecule has 118 valence electrons. The molecule has 0 saturated heterocycles. The molecule has 0 radical (unpaired) electrons. The highest BCUT2D eigenvalue weighted by Crippen LogP contribution is 2.43. The zero-order valence-corrected chi connectivity index (χ0v) is 13.5. The van der Waals surface area contributed by atoms with Crippen molar-refractivity contribution in [2.24, 2.45) is 0 Å². The summed E-state index contributed by atoms with van der Waals surface area (Å²) in [4.78, 5) is 10.1. The molecule has 0 aliphatic rings. The molecule has 5 nitrogen and oxygen atoms in total. The topological polar surface area (TPSA) is 81.8 Å². The molecule has 0 bridgehead atoms. The minimum Gasteiger partial charge on any atom is -0.455 e. The molecule has 2 aromatic rings. The Morgan fingerprint density at radius 3 is 2.64 bits per heavy atom. The van der Waals surface area contributed by atoms with Crippen molar-refractivity contribution in [2.45, 2.75) is 26.4 Å². The highest BCUT2D eigenvalue weighted by molar-refractivity contribution is 7.61. The fourth-order valence-corrected chi connectivity index (χ4v) is 3.13. The maximum absolute atomic E-state index is 12.3. The lowest BCUT2D eigenvalue weighted by molar-refractivity contribution is 0.192. The normalized spacial score (nSPS) is 15.0. The summed E-state index contributed by atoms with van der Waals surface area (Å²) in [6.07, 6.45) is 0.353. The number of benzene rings is 2. The van der Waals surface area contributed by atoms with Crippen LogP contribution in [-0.4, -0.2) is 11.0 Å². The average Bonchev–Trinajstić information content (AvgIpc) is 2.49. The summed E-state index contributed by atoms with van der Waals surface area (Å²) in [6, 6.07) is 13.4. The Morgan fingerprint density at radius 1 is 1.23 bits per heavy atom. The Labute approximate surface area is 130 Å². The predicted molar refractivity (Wildman–Crippen MR) is 87.7 cm³/mol. The van der Waals surface area contributed by atoms with Gasteiger partial charge in [-0.3, -0.25) is 4.57 Å². The van der Waals surface area contributed by atoms with Crippen LogP contribution in [0.1, 0.15) is 20.3 Å². The summed E-state index contributed by atoms with van der Waals surface area (Å²) in [7, 11) is -3.87. The van der Waals surface area contributed by atoms with E-state index in [1.807, 2.05) is 6.92 Å². The van der Waals surface area contributed by atoms with Crippen molar-refractivity contribution < 1.29 is 18.7 Å². The van der Waals surface area contributed by atoms with E-state index in [9.17, 15) is 9.46 Å². The molecule has 0 aliphatic carbocycles. The predicted octanol–water partition coefficient (Wildman–Crippen LogP) is 3.69. The summed E-state index contributed by atoms with van der Waals surface area (Å²) >= 11 is 0. The molecule has 6 heteroatoms. The van der Waals surface area contributed by atoms with Gasteiger partial charge in [-0.2, -0.15) is 0 Å². The van der Waals surface area contributed by atoms with Crippen molar-refractivity contribution in [1.82, 2.24) is 0 Å². The SMILES string of the molecule is CCC(C)OP(=O)(O)c1cccc(Oc2ccccc2N)c1. The fourth-order valence-electron chi connectivity index (χ4n) is 1.80. The number of hydrogen-bond donors (Lipinski definition) is 2. The van der Waals surface area contributed by atoms with E-state index in [0.29, 0.717) is 23.6 Å². The minimum atomic E-state index is -3.87. The molecule has 0 heterocycles. The molecule has 2 unspecified atom stereocenters. The Kier molecular flexibility index (Phi) is 5.24. The number of ether oxygens (including phenoxy) is 1. The molecule has 0 aromatic heterocycles. The Hall–Kier alpha value is -1.81. The third kappa shape index (κ3) is 4.10. The molecule has 0 spiro atoms. The molecule has 2 aromatic carbocycles. The van der Waals surface area contributed by atoms with Gasteiger partial charge in [-0.05, 0) is 43.7 Å². The summed E-state index contributed by atoms with van der Waals surface area (Å²) in [5.41, 5.74) is 6.32. The first-order valence-corrected chi connectivity index (χ1v) is 8.64. The maximum Gasteiger partial charge on any atom is 0.359 e. The van der Waals surface area contributed by atoms with Crippen LogP contribution in [0.3, 0.4) is 0 Å². The summed E-state index contributed by atoms with van der Waals surface area (Å²) in [5.74, 6) is 0.924. The van der Waals surface area contributed by atoms with Gasteiger partial charge in [0.05, 0.1) is 17.1 Å². The number of rotatable bonds is 6. The van der Waals surface area contributed by atoms with E-state index in [2.05, 4.69) is 0 Å². The molecule has 3 N–H and O–H groups in total. The van der Waals surface area contributed by atoms with Crippen LogP contribution in [0.25, 0.3) is 0 Å². The number of nitrogen functional groups attached to an aromatic ring is 1. The molecular formula is C16H20NO4P. The molecule has 0 amide bonds. The van der Waals surface area contributed by atoms with E-state index < -0.39 is 7.60 Å². The van der Waals surface area contributed by atoms with Crippen molar-refractivity contribution in [1.29, 1.82) is 0 Å². The van der Waals surface area contributed by atoms with Gasteiger partial charge in [-0.1, -0.05) is 25.1 Å². The largest absolute Gasteiger partial charge is 0.455 e. The van der Waals surface area contributed by atoms with Gasteiger partial charge >= 0.3 is 7.60 Å². The zero-order valence-electron chi connectivity index (χ0n) is 12.6. The van der Waals surface area contributed by atoms with Gasteiger partial charge in [-0.15, -0.1) is 0 Å². The lowest BCUT2D eigenvalue weighted by Gasteiger charge is -2.17. The number of para-hydroxylation sites is 2. The Balaban J connectivity index is 2.23. The standard InChI is InChI=1S/C16H20NO4P/c1-3-12(2)21-22(18,19)14-8-6-7-13(11-14)20-16-10-5-4-9-15(16)17/h4-12H,3,17H2,1-2H3,(H,18,19). The quantitative estimate of drug-likeness (QED) is 0.626. The van der Waals surface area contributed by atoms with E-state index in [1.165, 1.54) is 6.07 Å². The molecule has 22 heavy (non-hydrogen) atoms. The summed E-state index contributed by atoms with van der Waals surface area (Å²) < 4.78 is 23.2. The van der Waals surface area contributed by atoms with Crippen LogP contribution >= 0.6 is 7.60 Å². The van der Waals surface area contributed by atoms with Gasteiger partial charge in [0.1, 0.15) is 11.5 Å². The monoisotopic (exact) mass is 321 g/mol. The molecule has 2 rings (SSSR count). The highest BCUT2D eigenvalue weighted by Gasteiger charge is 2.25. The molecule has 0 fully saturated rings. The second kappa shape index (κ2) is 6.97. The second-order valence-electron chi connectivity index (χ2n) is 4.98. The average molecular weight is 321 g/mol. The van der Waals surface area contributed by atoms with Crippen LogP contribution in [0.4, 0.5) is 5.69 Å². The van der Waals surface area contributed by atoms with Gasteiger partial charge < -0.3 is 19.9 Å². The molecule has 0 aliphatic heterocycles.